The Morgan fingerprint density at radius 1 is 0.692 bits per heavy atom. The van der Waals surface area contributed by atoms with Crippen molar-refractivity contribution in [3.63, 3.8) is 0 Å². The molecular formula is C23H20N2S. The van der Waals surface area contributed by atoms with E-state index in [2.05, 4.69) is 95.6 Å². The number of hydrogen-bond acceptors (Lipinski definition) is 3. The van der Waals surface area contributed by atoms with Crippen LogP contribution in [0.15, 0.2) is 84.9 Å². The molecule has 2 heterocycles. The van der Waals surface area contributed by atoms with Crippen LogP contribution in [-0.2, 0) is 5.66 Å². The first kappa shape index (κ1) is 15.8. The summed E-state index contributed by atoms with van der Waals surface area (Å²) < 4.78 is 1.33. The number of thiophene rings is 1. The SMILES string of the molecule is c1ccc(-c2c(C3(c4ccccc4)NCCN3)sc3ccccc23)cc1. The van der Waals surface area contributed by atoms with Crippen LogP contribution in [-0.4, -0.2) is 13.1 Å². The van der Waals surface area contributed by atoms with Gasteiger partial charge in [0.2, 0.25) is 0 Å². The normalized spacial score (nSPS) is 16.2. The van der Waals surface area contributed by atoms with Crippen LogP contribution in [0.25, 0.3) is 21.2 Å². The number of benzene rings is 3. The van der Waals surface area contributed by atoms with Crippen LogP contribution in [0.5, 0.6) is 0 Å². The zero-order valence-electron chi connectivity index (χ0n) is 14.4. The van der Waals surface area contributed by atoms with Gasteiger partial charge >= 0.3 is 0 Å². The molecule has 5 rings (SSSR count). The molecule has 3 aromatic carbocycles. The zero-order chi connectivity index (χ0) is 17.4. The van der Waals surface area contributed by atoms with E-state index in [1.165, 1.54) is 31.7 Å². The van der Waals surface area contributed by atoms with Crippen LogP contribution in [0.2, 0.25) is 0 Å². The molecular weight excluding hydrogens is 336 g/mol. The summed E-state index contributed by atoms with van der Waals surface area (Å²) in [6.45, 7) is 1.91. The van der Waals surface area contributed by atoms with E-state index in [1.54, 1.807) is 0 Å². The molecule has 1 aliphatic rings. The molecule has 0 unspecified atom stereocenters. The Balaban J connectivity index is 1.84. The lowest BCUT2D eigenvalue weighted by molar-refractivity contribution is 0.434. The summed E-state index contributed by atoms with van der Waals surface area (Å²) in [6.07, 6.45) is 0. The van der Waals surface area contributed by atoms with E-state index in [0.29, 0.717) is 0 Å². The standard InChI is InChI=1S/C23H20N2S/c1-3-9-17(10-4-1)21-19-13-7-8-14-20(19)26-22(21)23(24-15-16-25-23)18-11-5-2-6-12-18/h1-14,24-25H,15-16H2. The molecule has 0 saturated carbocycles. The first-order valence-electron chi connectivity index (χ1n) is 9.01. The van der Waals surface area contributed by atoms with Gasteiger partial charge in [0.25, 0.3) is 0 Å². The highest BCUT2D eigenvalue weighted by Gasteiger charge is 2.40. The maximum atomic E-state index is 3.77. The molecule has 0 aliphatic carbocycles. The predicted octanol–water partition coefficient (Wildman–Crippen LogP) is 4.96. The highest BCUT2D eigenvalue weighted by atomic mass is 32.1. The van der Waals surface area contributed by atoms with Crippen molar-refractivity contribution in [1.29, 1.82) is 0 Å². The van der Waals surface area contributed by atoms with E-state index < -0.39 is 0 Å². The minimum absolute atomic E-state index is 0.337. The highest BCUT2D eigenvalue weighted by Crippen LogP contribution is 2.45. The molecule has 26 heavy (non-hydrogen) atoms. The average molecular weight is 356 g/mol. The fourth-order valence-electron chi connectivity index (χ4n) is 3.95. The van der Waals surface area contributed by atoms with Gasteiger partial charge in [-0.1, -0.05) is 78.9 Å². The second-order valence-electron chi connectivity index (χ2n) is 6.64. The predicted molar refractivity (Wildman–Crippen MR) is 110 cm³/mol. The fourth-order valence-corrected chi connectivity index (χ4v) is 5.34. The number of nitrogens with one attached hydrogen (secondary N) is 2. The van der Waals surface area contributed by atoms with Gasteiger partial charge in [0.05, 0.1) is 4.88 Å². The summed E-state index contributed by atoms with van der Waals surface area (Å²) in [5, 5.41) is 8.87. The maximum absolute atomic E-state index is 3.77. The van der Waals surface area contributed by atoms with Crippen LogP contribution >= 0.6 is 11.3 Å². The van der Waals surface area contributed by atoms with Crippen molar-refractivity contribution in [3.05, 3.63) is 95.4 Å². The topological polar surface area (TPSA) is 24.1 Å². The first-order chi connectivity index (χ1) is 12.9. The molecule has 2 nitrogen and oxygen atoms in total. The summed E-state index contributed by atoms with van der Waals surface area (Å²) >= 11 is 1.88. The third-order valence-corrected chi connectivity index (χ3v) is 6.40. The van der Waals surface area contributed by atoms with E-state index in [0.717, 1.165) is 13.1 Å². The number of rotatable bonds is 3. The van der Waals surface area contributed by atoms with Crippen molar-refractivity contribution in [3.8, 4) is 11.1 Å². The summed E-state index contributed by atoms with van der Waals surface area (Å²) in [5.74, 6) is 0. The maximum Gasteiger partial charge on any atom is 0.131 e. The zero-order valence-corrected chi connectivity index (χ0v) is 15.2. The van der Waals surface area contributed by atoms with Crippen LogP contribution < -0.4 is 10.6 Å². The molecule has 0 amide bonds. The van der Waals surface area contributed by atoms with Crippen molar-refractivity contribution in [2.24, 2.45) is 0 Å². The van der Waals surface area contributed by atoms with Gasteiger partial charge < -0.3 is 0 Å². The summed E-state index contributed by atoms with van der Waals surface area (Å²) in [5.41, 5.74) is 3.53. The molecule has 1 aliphatic heterocycles. The highest BCUT2D eigenvalue weighted by molar-refractivity contribution is 7.19. The van der Waals surface area contributed by atoms with Gasteiger partial charge in [0, 0.05) is 28.7 Å². The summed E-state index contributed by atoms with van der Waals surface area (Å²) in [6, 6.07) is 30.2. The van der Waals surface area contributed by atoms with Gasteiger partial charge in [0.15, 0.2) is 0 Å². The largest absolute Gasteiger partial charge is 0.290 e. The summed E-state index contributed by atoms with van der Waals surface area (Å²) in [4.78, 5) is 1.34. The molecule has 1 fully saturated rings. The van der Waals surface area contributed by atoms with Gasteiger partial charge in [-0.05, 0) is 17.2 Å². The number of fused-ring (bicyclic) bond motifs is 1. The van der Waals surface area contributed by atoms with E-state index in [9.17, 15) is 0 Å². The molecule has 3 heteroatoms. The third-order valence-electron chi connectivity index (χ3n) is 5.11. The van der Waals surface area contributed by atoms with Crippen LogP contribution in [0, 0.1) is 0 Å². The molecule has 128 valence electrons. The van der Waals surface area contributed by atoms with Crippen molar-refractivity contribution in [2.45, 2.75) is 5.66 Å². The van der Waals surface area contributed by atoms with Gasteiger partial charge in [-0.15, -0.1) is 11.3 Å². The monoisotopic (exact) mass is 356 g/mol. The summed E-state index contributed by atoms with van der Waals surface area (Å²) in [7, 11) is 0. The molecule has 2 N–H and O–H groups in total. The lowest BCUT2D eigenvalue weighted by atomic mass is 9.91. The van der Waals surface area contributed by atoms with Crippen molar-refractivity contribution >= 4 is 21.4 Å². The Kier molecular flexibility index (Phi) is 3.86. The van der Waals surface area contributed by atoms with Crippen LogP contribution in [0.4, 0.5) is 0 Å². The second kappa shape index (κ2) is 6.36. The minimum Gasteiger partial charge on any atom is -0.290 e. The Morgan fingerprint density at radius 2 is 1.31 bits per heavy atom. The molecule has 0 bridgehead atoms. The van der Waals surface area contributed by atoms with Gasteiger partial charge in [0.1, 0.15) is 5.66 Å². The average Bonchev–Trinajstić information content (AvgIpc) is 3.35. The third kappa shape index (κ3) is 2.40. The number of hydrogen-bond donors (Lipinski definition) is 2. The van der Waals surface area contributed by atoms with E-state index in [4.69, 9.17) is 0 Å². The molecule has 0 spiro atoms. The fraction of sp³-hybridized carbons (Fsp3) is 0.130. The first-order valence-corrected chi connectivity index (χ1v) is 9.83. The van der Waals surface area contributed by atoms with Gasteiger partial charge in [-0.25, -0.2) is 0 Å². The second-order valence-corrected chi connectivity index (χ2v) is 7.69. The molecule has 4 aromatic rings. The lowest BCUT2D eigenvalue weighted by Gasteiger charge is -2.31. The molecule has 0 atom stereocenters. The Labute approximate surface area is 157 Å². The molecule has 1 aromatic heterocycles. The van der Waals surface area contributed by atoms with Gasteiger partial charge in [-0.2, -0.15) is 0 Å². The van der Waals surface area contributed by atoms with Crippen molar-refractivity contribution in [2.75, 3.05) is 13.1 Å². The quantitative estimate of drug-likeness (QED) is 0.542. The van der Waals surface area contributed by atoms with Crippen LogP contribution in [0.1, 0.15) is 10.4 Å². The van der Waals surface area contributed by atoms with Gasteiger partial charge in [-0.3, -0.25) is 10.6 Å². The van der Waals surface area contributed by atoms with Crippen molar-refractivity contribution < 1.29 is 0 Å². The Hall–Kier alpha value is -2.46. The van der Waals surface area contributed by atoms with E-state index in [-0.39, 0.29) is 5.66 Å². The van der Waals surface area contributed by atoms with Crippen molar-refractivity contribution in [1.82, 2.24) is 10.6 Å². The Bertz CT molecular complexity index is 1030. The molecule has 1 saturated heterocycles. The molecule has 0 radical (unpaired) electrons. The van der Waals surface area contributed by atoms with Crippen LogP contribution in [0.3, 0.4) is 0 Å². The van der Waals surface area contributed by atoms with E-state index >= 15 is 0 Å². The Morgan fingerprint density at radius 3 is 2.04 bits per heavy atom. The van der Waals surface area contributed by atoms with E-state index in [1.807, 2.05) is 11.3 Å². The smallest absolute Gasteiger partial charge is 0.131 e. The lowest BCUT2D eigenvalue weighted by Crippen LogP contribution is -2.46. The minimum atomic E-state index is -0.337.